The number of aryl methyl sites for hydroxylation is 24. The number of hydrogen-bond donors (Lipinski definition) is 0. The number of nitrogens with zero attached hydrogens (tertiary/aromatic N) is 12. The maximum atomic E-state index is 2.27. The molecule has 0 aromatic carbocycles. The second-order valence-electron chi connectivity index (χ2n) is 31.9. The summed E-state index contributed by atoms with van der Waals surface area (Å²) in [6.07, 6.45) is 36.4. The quantitative estimate of drug-likeness (QED) is 0.149. The van der Waals surface area contributed by atoms with Crippen LogP contribution >= 0.6 is 0 Å². The third-order valence-corrected chi connectivity index (χ3v) is 22.8. The Kier molecular flexibility index (Phi) is 23.0. The fourth-order valence-corrected chi connectivity index (χ4v) is 16.7. The first-order valence-corrected chi connectivity index (χ1v) is 39.7. The molecule has 18 heterocycles. The minimum atomic E-state index is 1.27. The third-order valence-electron chi connectivity index (χ3n) is 22.8. The van der Waals surface area contributed by atoms with Crippen molar-refractivity contribution < 1.29 is 27.4 Å². The largest absolute Gasteiger partial charge is 0.323 e. The SMILES string of the molecule is Cc1cc[n+](C)c(-c2c(C)c3ccccn3c2C)c1.Cc1cc[n+](C)c(-c2c(C)ccn3ccc(C)c23)c1.Cc1cc[n+](C)c(-c2c(C)ccn3ccc(C)c23)c1.Cc1cc[n+](C)c(-c2c(C)cn3cccc(C)c23)c1.Cc1cc[n+](C)c(-c2c(C)cn3cccc(C)c23)c1.Cc1cc[n+](C)c(-c2c(C)cn3cccc3c2C)c1. The molecule has 12 heteroatoms. The zero-order valence-electron chi connectivity index (χ0n) is 71.6. The van der Waals surface area contributed by atoms with Crippen molar-refractivity contribution in [1.82, 2.24) is 26.4 Å². The standard InChI is InChI=1S/6C17H19N2/c2*1-12-5-8-18(4)15(11-12)16-13(2)6-9-19-10-7-14(3)17(16)19;1-12-7-9-18(4)16(10-12)17-13(2)11-19-8-5-6-15(19)14(17)3;2*1-12-7-9-18(4)15(10-12)16-14(3)11-19-8-5-6-13(2)17(16)19;1-12-8-10-18(4)16(11-12)17-13(2)15-7-5-6-9-19(15)14(17)3/h6*5-11H,1-4H3/q6*+1. The van der Waals surface area contributed by atoms with Gasteiger partial charge in [-0.2, -0.15) is 0 Å². The summed E-state index contributed by atoms with van der Waals surface area (Å²) < 4.78 is 26.5. The van der Waals surface area contributed by atoms with E-state index in [1.165, 1.54) is 201 Å². The molecule has 0 unspecified atom stereocenters. The van der Waals surface area contributed by atoms with Gasteiger partial charge in [0, 0.05) is 158 Å². The second-order valence-corrected chi connectivity index (χ2v) is 31.9. The van der Waals surface area contributed by atoms with Crippen molar-refractivity contribution in [1.29, 1.82) is 0 Å². The zero-order valence-corrected chi connectivity index (χ0v) is 71.6. The molecule has 0 aliphatic carbocycles. The molecule has 18 aromatic rings. The van der Waals surface area contributed by atoms with Gasteiger partial charge in [0.1, 0.15) is 42.3 Å². The van der Waals surface area contributed by atoms with E-state index in [1.807, 2.05) is 0 Å². The van der Waals surface area contributed by atoms with E-state index in [0.29, 0.717) is 0 Å². The Balaban J connectivity index is 0.000000119. The summed E-state index contributed by atoms with van der Waals surface area (Å²) in [5, 5.41) is 0. The van der Waals surface area contributed by atoms with Crippen LogP contribution in [0.4, 0.5) is 0 Å². The molecule has 0 bridgehead atoms. The van der Waals surface area contributed by atoms with E-state index >= 15 is 0 Å². The molecule has 0 radical (unpaired) electrons. The number of fused-ring (bicyclic) bond motifs is 6. The number of aromatic nitrogens is 12. The highest BCUT2D eigenvalue weighted by molar-refractivity contribution is 5.87. The molecular formula is C102H114N12+6. The minimum Gasteiger partial charge on any atom is -0.323 e. The summed E-state index contributed by atoms with van der Waals surface area (Å²) >= 11 is 0. The zero-order chi connectivity index (χ0) is 81.4. The van der Waals surface area contributed by atoms with Gasteiger partial charge in [0.15, 0.2) is 37.2 Å². The monoisotopic (exact) mass is 1510 g/mol. The maximum absolute atomic E-state index is 2.27. The summed E-state index contributed by atoms with van der Waals surface area (Å²) in [5.41, 5.74) is 47.0. The van der Waals surface area contributed by atoms with Gasteiger partial charge < -0.3 is 26.4 Å². The van der Waals surface area contributed by atoms with E-state index in [9.17, 15) is 0 Å². The summed E-state index contributed by atoms with van der Waals surface area (Å²) in [6.45, 7) is 39.1. The first-order chi connectivity index (χ1) is 54.5. The smallest absolute Gasteiger partial charge is 0.214 e. The highest BCUT2D eigenvalue weighted by Gasteiger charge is 2.26. The van der Waals surface area contributed by atoms with Crippen LogP contribution in [0, 0.1) is 125 Å². The van der Waals surface area contributed by atoms with Gasteiger partial charge in [0.2, 0.25) is 34.2 Å². The van der Waals surface area contributed by atoms with Crippen LogP contribution in [0.2, 0.25) is 0 Å². The van der Waals surface area contributed by atoms with Crippen molar-refractivity contribution in [3.8, 4) is 67.5 Å². The lowest BCUT2D eigenvalue weighted by Gasteiger charge is -2.11. The van der Waals surface area contributed by atoms with Gasteiger partial charge >= 0.3 is 0 Å². The second kappa shape index (κ2) is 33.0. The van der Waals surface area contributed by atoms with Crippen molar-refractivity contribution in [3.63, 3.8) is 0 Å². The van der Waals surface area contributed by atoms with Crippen LogP contribution in [0.5, 0.6) is 0 Å². The summed E-state index contributed by atoms with van der Waals surface area (Å²) in [5.74, 6) is 0. The molecule has 0 saturated carbocycles. The lowest BCUT2D eigenvalue weighted by molar-refractivity contribution is -0.660. The van der Waals surface area contributed by atoms with Gasteiger partial charge in [-0.1, -0.05) is 18.2 Å². The van der Waals surface area contributed by atoms with Crippen LogP contribution < -0.4 is 27.4 Å². The fraction of sp³-hybridized carbons (Fsp3) is 0.235. The van der Waals surface area contributed by atoms with Crippen molar-refractivity contribution in [3.05, 3.63) is 357 Å². The van der Waals surface area contributed by atoms with Crippen molar-refractivity contribution in [2.75, 3.05) is 0 Å². The Bertz CT molecular complexity index is 6310. The van der Waals surface area contributed by atoms with Crippen LogP contribution in [-0.4, -0.2) is 26.4 Å². The normalized spacial score (nSPS) is 11.2. The molecule has 0 aliphatic heterocycles. The lowest BCUT2D eigenvalue weighted by atomic mass is 9.99. The molecule has 18 rings (SSSR count). The Labute approximate surface area is 674 Å². The fourth-order valence-electron chi connectivity index (χ4n) is 16.7. The Morgan fingerprint density at radius 1 is 0.211 bits per heavy atom. The van der Waals surface area contributed by atoms with E-state index in [2.05, 4.69) is 478 Å². The molecule has 576 valence electrons. The average Bonchev–Trinajstić information content (AvgIpc) is 1.62. The van der Waals surface area contributed by atoms with E-state index in [4.69, 9.17) is 0 Å². The summed E-state index contributed by atoms with van der Waals surface area (Å²) in [6, 6.07) is 54.3. The first-order valence-electron chi connectivity index (χ1n) is 39.7. The molecule has 0 amide bonds. The topological polar surface area (TPSA) is 49.7 Å². The van der Waals surface area contributed by atoms with Gasteiger partial charge in [-0.25, -0.2) is 27.4 Å². The summed E-state index contributed by atoms with van der Waals surface area (Å²) in [4.78, 5) is 0. The van der Waals surface area contributed by atoms with Crippen LogP contribution in [0.25, 0.3) is 101 Å². The minimum absolute atomic E-state index is 1.27. The maximum Gasteiger partial charge on any atom is 0.214 e. The van der Waals surface area contributed by atoms with E-state index in [0.717, 1.165) is 0 Å². The van der Waals surface area contributed by atoms with Gasteiger partial charge in [-0.05, 0) is 280 Å². The number of rotatable bonds is 6. The highest BCUT2D eigenvalue weighted by Crippen LogP contribution is 2.36. The van der Waals surface area contributed by atoms with Crippen molar-refractivity contribution >= 4 is 33.1 Å². The third kappa shape index (κ3) is 15.9. The Morgan fingerprint density at radius 2 is 0.482 bits per heavy atom. The van der Waals surface area contributed by atoms with Crippen molar-refractivity contribution in [2.45, 2.75) is 125 Å². The molecule has 0 aliphatic rings. The van der Waals surface area contributed by atoms with Crippen LogP contribution in [0.3, 0.4) is 0 Å². The highest BCUT2D eigenvalue weighted by atomic mass is 15.0. The molecule has 0 N–H and O–H groups in total. The first kappa shape index (κ1) is 79.5. The molecule has 0 spiro atoms. The molecule has 0 atom stereocenters. The molecule has 114 heavy (non-hydrogen) atoms. The van der Waals surface area contributed by atoms with Gasteiger partial charge in [0.25, 0.3) is 0 Å². The van der Waals surface area contributed by atoms with E-state index in [-0.39, 0.29) is 0 Å². The molecule has 0 saturated heterocycles. The molecular weight excluding hydrogens is 1390 g/mol. The van der Waals surface area contributed by atoms with E-state index < -0.39 is 0 Å². The van der Waals surface area contributed by atoms with Crippen LogP contribution in [0.15, 0.2) is 257 Å². The van der Waals surface area contributed by atoms with Crippen LogP contribution in [-0.2, 0) is 42.3 Å². The predicted octanol–water partition coefficient (Wildman–Crippen LogP) is 20.1. The van der Waals surface area contributed by atoms with Crippen molar-refractivity contribution in [2.24, 2.45) is 42.3 Å². The predicted molar refractivity (Wildman–Crippen MR) is 469 cm³/mol. The number of hydrogen-bond acceptors (Lipinski definition) is 0. The summed E-state index contributed by atoms with van der Waals surface area (Å²) in [7, 11) is 12.6. The molecule has 12 nitrogen and oxygen atoms in total. The molecule has 0 fully saturated rings. The Hall–Kier alpha value is -12.5. The van der Waals surface area contributed by atoms with Crippen LogP contribution in [0.1, 0.15) is 100 Å². The van der Waals surface area contributed by atoms with Gasteiger partial charge in [0.05, 0.1) is 55.4 Å². The van der Waals surface area contributed by atoms with E-state index in [1.54, 1.807) is 0 Å². The number of pyridine rings is 12. The Morgan fingerprint density at radius 3 is 0.851 bits per heavy atom. The van der Waals surface area contributed by atoms with Gasteiger partial charge in [-0.3, -0.25) is 0 Å². The lowest BCUT2D eigenvalue weighted by Crippen LogP contribution is -2.31. The molecule has 18 aromatic heterocycles. The average molecular weight is 1510 g/mol. The van der Waals surface area contributed by atoms with Gasteiger partial charge in [-0.15, -0.1) is 0 Å².